The molecule has 0 saturated carbocycles. The third-order valence-electron chi connectivity index (χ3n) is 2.11. The Kier molecular flexibility index (Phi) is 3.06. The summed E-state index contributed by atoms with van der Waals surface area (Å²) in [4.78, 5) is 21.5. The molecule has 4 heteroatoms. The van der Waals surface area contributed by atoms with Gasteiger partial charge in [-0.05, 0) is 12.8 Å². The fourth-order valence-corrected chi connectivity index (χ4v) is 1.49. The van der Waals surface area contributed by atoms with Gasteiger partial charge in [-0.2, -0.15) is 0 Å². The number of rotatable bonds is 2. The first kappa shape index (κ1) is 9.77. The minimum absolute atomic E-state index is 0.192. The number of hydrogen-bond donors (Lipinski definition) is 2. The van der Waals surface area contributed by atoms with Gasteiger partial charge in [0.25, 0.3) is 0 Å². The van der Waals surface area contributed by atoms with Crippen molar-refractivity contribution in [2.45, 2.75) is 25.8 Å². The highest BCUT2D eigenvalue weighted by atomic mass is 16.4. The summed E-state index contributed by atoms with van der Waals surface area (Å²) in [5.74, 6) is -1.51. The molecule has 0 spiro atoms. The molecular weight excluding hydrogens is 170 g/mol. The number of allylic oxidation sites excluding steroid dienone is 1. The molecule has 0 aliphatic heterocycles. The van der Waals surface area contributed by atoms with E-state index in [1.807, 2.05) is 6.08 Å². The molecule has 0 heterocycles. The van der Waals surface area contributed by atoms with Crippen LogP contribution >= 0.6 is 0 Å². The SMILES string of the molecule is CC(=O)N[C@@H]1C=CCC[C@@H]1C(=O)O. The number of amides is 1. The second-order valence-electron chi connectivity index (χ2n) is 3.18. The quantitative estimate of drug-likeness (QED) is 0.614. The standard InChI is InChI=1S/C9H13NO3/c1-6(11)10-8-5-3-2-4-7(8)9(12)13/h3,5,7-8H,2,4H2,1H3,(H,10,11)(H,12,13)/t7-,8+/m0/s1. The summed E-state index contributed by atoms with van der Waals surface area (Å²) in [5.41, 5.74) is 0. The lowest BCUT2D eigenvalue weighted by Crippen LogP contribution is -2.42. The predicted octanol–water partition coefficient (Wildman–Crippen LogP) is 0.542. The molecule has 13 heavy (non-hydrogen) atoms. The maximum atomic E-state index is 10.8. The second kappa shape index (κ2) is 4.07. The van der Waals surface area contributed by atoms with Crippen molar-refractivity contribution in [3.63, 3.8) is 0 Å². The largest absolute Gasteiger partial charge is 0.481 e. The fraction of sp³-hybridized carbons (Fsp3) is 0.556. The minimum Gasteiger partial charge on any atom is -0.481 e. The van der Waals surface area contributed by atoms with Crippen LogP contribution in [-0.2, 0) is 9.59 Å². The molecule has 1 aliphatic carbocycles. The molecule has 0 fully saturated rings. The molecule has 0 unspecified atom stereocenters. The monoisotopic (exact) mass is 183 g/mol. The summed E-state index contributed by atoms with van der Waals surface area (Å²) < 4.78 is 0. The summed E-state index contributed by atoms with van der Waals surface area (Å²) in [7, 11) is 0. The van der Waals surface area contributed by atoms with E-state index in [4.69, 9.17) is 5.11 Å². The van der Waals surface area contributed by atoms with Gasteiger partial charge in [-0.1, -0.05) is 12.2 Å². The van der Waals surface area contributed by atoms with Crippen LogP contribution in [0.2, 0.25) is 0 Å². The van der Waals surface area contributed by atoms with Crippen molar-refractivity contribution < 1.29 is 14.7 Å². The predicted molar refractivity (Wildman–Crippen MR) is 47.1 cm³/mol. The maximum absolute atomic E-state index is 10.8. The summed E-state index contributed by atoms with van der Waals surface area (Å²) in [6.45, 7) is 1.39. The van der Waals surface area contributed by atoms with Crippen molar-refractivity contribution in [3.8, 4) is 0 Å². The van der Waals surface area contributed by atoms with Crippen molar-refractivity contribution in [2.75, 3.05) is 0 Å². The molecule has 1 amide bonds. The Bertz CT molecular complexity index is 247. The van der Waals surface area contributed by atoms with Crippen LogP contribution in [0.5, 0.6) is 0 Å². The lowest BCUT2D eigenvalue weighted by molar-refractivity contribution is -0.142. The number of carboxylic acids is 1. The Hall–Kier alpha value is -1.32. The molecule has 0 radical (unpaired) electrons. The molecule has 0 aromatic carbocycles. The third kappa shape index (κ3) is 2.57. The fourth-order valence-electron chi connectivity index (χ4n) is 1.49. The van der Waals surface area contributed by atoms with Crippen molar-refractivity contribution in [1.29, 1.82) is 0 Å². The number of carbonyl (C=O) groups is 2. The van der Waals surface area contributed by atoms with Gasteiger partial charge in [0.1, 0.15) is 0 Å². The van der Waals surface area contributed by atoms with E-state index in [2.05, 4.69) is 5.32 Å². The maximum Gasteiger partial charge on any atom is 0.308 e. The molecular formula is C9H13NO3. The van der Waals surface area contributed by atoms with Gasteiger partial charge in [-0.3, -0.25) is 9.59 Å². The molecule has 1 rings (SSSR count). The van der Waals surface area contributed by atoms with E-state index in [9.17, 15) is 9.59 Å². The van der Waals surface area contributed by atoms with E-state index in [-0.39, 0.29) is 11.9 Å². The molecule has 0 aromatic rings. The minimum atomic E-state index is -0.844. The lowest BCUT2D eigenvalue weighted by atomic mass is 9.89. The van der Waals surface area contributed by atoms with E-state index in [1.165, 1.54) is 6.92 Å². The van der Waals surface area contributed by atoms with E-state index < -0.39 is 11.9 Å². The Balaban J connectivity index is 2.66. The van der Waals surface area contributed by atoms with Crippen LogP contribution in [0.3, 0.4) is 0 Å². The Morgan fingerprint density at radius 1 is 1.54 bits per heavy atom. The molecule has 4 nitrogen and oxygen atoms in total. The van der Waals surface area contributed by atoms with Crippen LogP contribution in [0, 0.1) is 5.92 Å². The van der Waals surface area contributed by atoms with Crippen molar-refractivity contribution in [3.05, 3.63) is 12.2 Å². The molecule has 0 aromatic heterocycles. The lowest BCUT2D eigenvalue weighted by Gasteiger charge is -2.24. The number of hydrogen-bond acceptors (Lipinski definition) is 2. The number of nitrogens with one attached hydrogen (secondary N) is 1. The van der Waals surface area contributed by atoms with Gasteiger partial charge < -0.3 is 10.4 Å². The summed E-state index contributed by atoms with van der Waals surface area (Å²) in [5, 5.41) is 11.4. The van der Waals surface area contributed by atoms with E-state index in [0.717, 1.165) is 6.42 Å². The molecule has 72 valence electrons. The normalized spacial score (nSPS) is 26.8. The van der Waals surface area contributed by atoms with Gasteiger partial charge >= 0.3 is 5.97 Å². The summed E-state index contributed by atoms with van der Waals surface area (Å²) in [6, 6.07) is -0.344. The zero-order valence-electron chi connectivity index (χ0n) is 7.49. The zero-order valence-corrected chi connectivity index (χ0v) is 7.49. The van der Waals surface area contributed by atoms with Crippen LogP contribution in [0.4, 0.5) is 0 Å². The van der Waals surface area contributed by atoms with Crippen LogP contribution in [-0.4, -0.2) is 23.0 Å². The molecule has 0 saturated heterocycles. The van der Waals surface area contributed by atoms with Gasteiger partial charge in [0, 0.05) is 6.92 Å². The average Bonchev–Trinajstić information content (AvgIpc) is 2.03. The first-order chi connectivity index (χ1) is 6.11. The summed E-state index contributed by atoms with van der Waals surface area (Å²) >= 11 is 0. The van der Waals surface area contributed by atoms with Crippen molar-refractivity contribution in [2.24, 2.45) is 5.92 Å². The molecule has 1 aliphatic rings. The van der Waals surface area contributed by atoms with Crippen LogP contribution in [0.15, 0.2) is 12.2 Å². The zero-order chi connectivity index (χ0) is 9.84. The number of aliphatic carboxylic acids is 1. The first-order valence-corrected chi connectivity index (χ1v) is 4.28. The number of carboxylic acid groups (broad SMARTS) is 1. The molecule has 0 bridgehead atoms. The van der Waals surface area contributed by atoms with E-state index >= 15 is 0 Å². The van der Waals surface area contributed by atoms with Gasteiger partial charge in [0.15, 0.2) is 0 Å². The molecule has 2 N–H and O–H groups in total. The Morgan fingerprint density at radius 2 is 2.23 bits per heavy atom. The topological polar surface area (TPSA) is 66.4 Å². The van der Waals surface area contributed by atoms with Gasteiger partial charge in [-0.15, -0.1) is 0 Å². The van der Waals surface area contributed by atoms with Crippen molar-refractivity contribution >= 4 is 11.9 Å². The van der Waals surface area contributed by atoms with Crippen molar-refractivity contribution in [1.82, 2.24) is 5.32 Å². The third-order valence-corrected chi connectivity index (χ3v) is 2.11. The van der Waals surface area contributed by atoms with Crippen LogP contribution in [0.1, 0.15) is 19.8 Å². The van der Waals surface area contributed by atoms with Gasteiger partial charge in [0.05, 0.1) is 12.0 Å². The van der Waals surface area contributed by atoms with Gasteiger partial charge in [0.2, 0.25) is 5.91 Å². The average molecular weight is 183 g/mol. The van der Waals surface area contributed by atoms with E-state index in [0.29, 0.717) is 6.42 Å². The highest BCUT2D eigenvalue weighted by Gasteiger charge is 2.28. The Labute approximate surface area is 76.6 Å². The number of carbonyl (C=O) groups excluding carboxylic acids is 1. The first-order valence-electron chi connectivity index (χ1n) is 4.28. The summed E-state index contributed by atoms with van der Waals surface area (Å²) in [6.07, 6.45) is 5.02. The highest BCUT2D eigenvalue weighted by molar-refractivity contribution is 5.76. The van der Waals surface area contributed by atoms with Crippen LogP contribution in [0.25, 0.3) is 0 Å². The Morgan fingerprint density at radius 3 is 2.77 bits per heavy atom. The molecule has 2 atom stereocenters. The second-order valence-corrected chi connectivity index (χ2v) is 3.18. The van der Waals surface area contributed by atoms with Gasteiger partial charge in [-0.25, -0.2) is 0 Å². The highest BCUT2D eigenvalue weighted by Crippen LogP contribution is 2.18. The van der Waals surface area contributed by atoms with E-state index in [1.54, 1.807) is 6.08 Å². The van der Waals surface area contributed by atoms with Crippen LogP contribution < -0.4 is 5.32 Å². The smallest absolute Gasteiger partial charge is 0.308 e.